The molecule has 0 unspecified atom stereocenters. The van der Waals surface area contributed by atoms with E-state index in [2.05, 4.69) is 22.2 Å². The number of nitriles is 1. The van der Waals surface area contributed by atoms with E-state index in [1.54, 1.807) is 32.0 Å². The van der Waals surface area contributed by atoms with E-state index in [9.17, 15) is 15.2 Å². The van der Waals surface area contributed by atoms with Crippen LogP contribution < -0.4 is 10.0 Å². The fourth-order valence-electron chi connectivity index (χ4n) is 4.29. The molecule has 5 nitrogen and oxygen atoms in total. The number of hydrogen-bond donors (Lipinski definition) is 3. The zero-order valence-electron chi connectivity index (χ0n) is 16.8. The van der Waals surface area contributed by atoms with E-state index in [-0.39, 0.29) is 6.03 Å². The van der Waals surface area contributed by atoms with Crippen molar-refractivity contribution in [2.45, 2.75) is 62.9 Å². The van der Waals surface area contributed by atoms with E-state index in [1.807, 2.05) is 0 Å². The third-order valence-electron chi connectivity index (χ3n) is 5.72. The molecule has 0 spiro atoms. The summed E-state index contributed by atoms with van der Waals surface area (Å²) in [5.41, 5.74) is 6.38. The lowest BCUT2D eigenvalue weighted by atomic mass is 9.97. The standard InChI is InChI=1S/C23H25N3O2S/c1-23(2,28)17-9-14(13-24)10-18(12-17)29-26-22(27)25-21-19-7-3-5-15(19)11-16-6-4-8-20(16)21/h9-12,28H,3-8H2,1-2H3,(H2,25,26,27). The molecule has 0 aliphatic heterocycles. The molecule has 4 rings (SSSR count). The van der Waals surface area contributed by atoms with E-state index >= 15 is 0 Å². The summed E-state index contributed by atoms with van der Waals surface area (Å²) in [6.07, 6.45) is 6.51. The van der Waals surface area contributed by atoms with Gasteiger partial charge in [-0.15, -0.1) is 0 Å². The van der Waals surface area contributed by atoms with Gasteiger partial charge in [0, 0.05) is 10.6 Å². The number of aliphatic hydroxyl groups is 1. The van der Waals surface area contributed by atoms with Crippen LogP contribution in [-0.4, -0.2) is 11.1 Å². The number of nitrogens with one attached hydrogen (secondary N) is 2. The van der Waals surface area contributed by atoms with Crippen LogP contribution in [0, 0.1) is 11.3 Å². The van der Waals surface area contributed by atoms with Crippen molar-refractivity contribution in [3.8, 4) is 6.07 Å². The van der Waals surface area contributed by atoms with Crippen LogP contribution in [0.5, 0.6) is 0 Å². The van der Waals surface area contributed by atoms with Crippen molar-refractivity contribution < 1.29 is 9.90 Å². The van der Waals surface area contributed by atoms with Gasteiger partial charge in [-0.25, -0.2) is 4.79 Å². The molecule has 2 aliphatic carbocycles. The number of carbonyl (C=O) groups excluding carboxylic acids is 1. The molecule has 0 saturated heterocycles. The Hall–Kier alpha value is -2.49. The van der Waals surface area contributed by atoms with Gasteiger partial charge < -0.3 is 10.4 Å². The smallest absolute Gasteiger partial charge is 0.329 e. The quantitative estimate of drug-likeness (QED) is 0.647. The Kier molecular flexibility index (Phi) is 5.28. The molecule has 2 aliphatic rings. The highest BCUT2D eigenvalue weighted by Gasteiger charge is 2.25. The first-order valence-corrected chi connectivity index (χ1v) is 10.8. The van der Waals surface area contributed by atoms with Crippen molar-refractivity contribution >= 4 is 23.7 Å². The van der Waals surface area contributed by atoms with Gasteiger partial charge in [-0.1, -0.05) is 6.07 Å². The molecule has 0 fully saturated rings. The third-order valence-corrected chi connectivity index (χ3v) is 6.47. The molecule has 0 radical (unpaired) electrons. The van der Waals surface area contributed by atoms with Crippen LogP contribution in [-0.2, 0) is 31.3 Å². The highest BCUT2D eigenvalue weighted by Crippen LogP contribution is 2.38. The minimum atomic E-state index is -1.06. The number of amides is 2. The SMILES string of the molecule is CC(C)(O)c1cc(C#N)cc(SNC(=O)Nc2c3c(cc4c2CCC4)CCC3)c1. The molecule has 3 N–H and O–H groups in total. The summed E-state index contributed by atoms with van der Waals surface area (Å²) in [6.45, 7) is 3.35. The lowest BCUT2D eigenvalue weighted by Gasteiger charge is -2.19. The summed E-state index contributed by atoms with van der Waals surface area (Å²) in [4.78, 5) is 13.4. The maximum atomic E-state index is 12.7. The van der Waals surface area contributed by atoms with E-state index in [1.165, 1.54) is 22.3 Å². The van der Waals surface area contributed by atoms with Crippen molar-refractivity contribution in [2.75, 3.05) is 5.32 Å². The van der Waals surface area contributed by atoms with E-state index in [0.29, 0.717) is 16.0 Å². The van der Waals surface area contributed by atoms with E-state index in [4.69, 9.17) is 0 Å². The zero-order chi connectivity index (χ0) is 20.6. The maximum Gasteiger partial charge on any atom is 0.329 e. The van der Waals surface area contributed by atoms with Crippen LogP contribution in [0.2, 0.25) is 0 Å². The number of benzene rings is 2. The second-order valence-electron chi connectivity index (χ2n) is 8.31. The number of fused-ring (bicyclic) bond motifs is 2. The number of hydrogen-bond acceptors (Lipinski definition) is 4. The Labute approximate surface area is 175 Å². The van der Waals surface area contributed by atoms with Gasteiger partial charge in [0.1, 0.15) is 0 Å². The maximum absolute atomic E-state index is 12.7. The molecule has 29 heavy (non-hydrogen) atoms. The Balaban J connectivity index is 1.51. The van der Waals surface area contributed by atoms with Gasteiger partial charge in [-0.3, -0.25) is 4.72 Å². The van der Waals surface area contributed by atoms with Crippen LogP contribution in [0.1, 0.15) is 60.1 Å². The summed E-state index contributed by atoms with van der Waals surface area (Å²) >= 11 is 1.15. The predicted octanol–water partition coefficient (Wildman–Crippen LogP) is 4.59. The Morgan fingerprint density at radius 2 is 1.72 bits per heavy atom. The average molecular weight is 408 g/mol. The topological polar surface area (TPSA) is 85.2 Å². The number of anilines is 1. The molecule has 6 heteroatoms. The number of rotatable bonds is 4. The van der Waals surface area contributed by atoms with Crippen molar-refractivity contribution in [2.24, 2.45) is 0 Å². The second kappa shape index (κ2) is 7.74. The number of aryl methyl sites for hydroxylation is 2. The number of urea groups is 1. The summed E-state index contributed by atoms with van der Waals surface area (Å²) < 4.78 is 2.84. The Bertz CT molecular complexity index is 986. The van der Waals surface area contributed by atoms with Gasteiger partial charge in [-0.05, 0) is 110 Å². The van der Waals surface area contributed by atoms with E-state index in [0.717, 1.165) is 56.2 Å². The Morgan fingerprint density at radius 1 is 1.07 bits per heavy atom. The second-order valence-corrected chi connectivity index (χ2v) is 9.19. The molecule has 0 atom stereocenters. The van der Waals surface area contributed by atoms with Gasteiger partial charge in [0.25, 0.3) is 0 Å². The molecular formula is C23H25N3O2S. The van der Waals surface area contributed by atoms with Crippen molar-refractivity contribution in [3.63, 3.8) is 0 Å². The number of carbonyl (C=O) groups is 1. The summed E-state index contributed by atoms with van der Waals surface area (Å²) in [5, 5.41) is 22.6. The highest BCUT2D eigenvalue weighted by molar-refractivity contribution is 7.98. The molecule has 0 bridgehead atoms. The molecule has 2 aromatic rings. The lowest BCUT2D eigenvalue weighted by Crippen LogP contribution is -2.24. The molecular weight excluding hydrogens is 382 g/mol. The molecule has 150 valence electrons. The molecule has 0 saturated carbocycles. The molecule has 0 aromatic heterocycles. The van der Waals surface area contributed by atoms with Crippen molar-refractivity contribution in [3.05, 3.63) is 57.6 Å². The van der Waals surface area contributed by atoms with Crippen molar-refractivity contribution in [1.82, 2.24) is 4.72 Å². The minimum Gasteiger partial charge on any atom is -0.386 e. The van der Waals surface area contributed by atoms with Crippen LogP contribution in [0.4, 0.5) is 10.5 Å². The van der Waals surface area contributed by atoms with Gasteiger partial charge in [0.15, 0.2) is 0 Å². The average Bonchev–Trinajstić information content (AvgIpc) is 3.34. The van der Waals surface area contributed by atoms with Crippen molar-refractivity contribution in [1.29, 1.82) is 5.26 Å². The molecule has 0 heterocycles. The third kappa shape index (κ3) is 4.12. The first-order valence-electron chi connectivity index (χ1n) is 10.0. The normalized spacial score (nSPS) is 14.8. The monoisotopic (exact) mass is 407 g/mol. The van der Waals surface area contributed by atoms with Gasteiger partial charge in [0.05, 0.1) is 17.2 Å². The first-order chi connectivity index (χ1) is 13.8. The van der Waals surface area contributed by atoms with Crippen LogP contribution in [0.25, 0.3) is 0 Å². The fourth-order valence-corrected chi connectivity index (χ4v) is 4.92. The van der Waals surface area contributed by atoms with Gasteiger partial charge in [0.2, 0.25) is 0 Å². The van der Waals surface area contributed by atoms with Crippen LogP contribution in [0.15, 0.2) is 29.2 Å². The summed E-state index contributed by atoms with van der Waals surface area (Å²) in [5.74, 6) is 0. The lowest BCUT2D eigenvalue weighted by molar-refractivity contribution is 0.0783. The zero-order valence-corrected chi connectivity index (χ0v) is 17.6. The van der Waals surface area contributed by atoms with Crippen LogP contribution >= 0.6 is 11.9 Å². The first kappa shape index (κ1) is 19.8. The van der Waals surface area contributed by atoms with Gasteiger partial charge >= 0.3 is 6.03 Å². The molecule has 2 aromatic carbocycles. The summed E-state index contributed by atoms with van der Waals surface area (Å²) in [6, 6.07) is 9.35. The fraction of sp³-hybridized carbons (Fsp3) is 0.391. The predicted molar refractivity (Wildman–Crippen MR) is 115 cm³/mol. The highest BCUT2D eigenvalue weighted by atomic mass is 32.2. The van der Waals surface area contributed by atoms with Crippen LogP contribution in [0.3, 0.4) is 0 Å². The molecule has 2 amide bonds. The largest absolute Gasteiger partial charge is 0.386 e. The Morgan fingerprint density at radius 3 is 2.31 bits per heavy atom. The minimum absolute atomic E-state index is 0.267. The van der Waals surface area contributed by atoms with E-state index < -0.39 is 5.60 Å². The number of nitrogens with zero attached hydrogens (tertiary/aromatic N) is 1. The summed E-state index contributed by atoms with van der Waals surface area (Å²) in [7, 11) is 0. The van der Waals surface area contributed by atoms with Gasteiger partial charge in [-0.2, -0.15) is 5.26 Å².